The van der Waals surface area contributed by atoms with Crippen molar-refractivity contribution < 1.29 is 9.53 Å². The molecule has 0 unspecified atom stereocenters. The molecule has 0 aliphatic rings. The molecule has 0 saturated carbocycles. The lowest BCUT2D eigenvalue weighted by Crippen LogP contribution is -2.43. The van der Waals surface area contributed by atoms with E-state index in [4.69, 9.17) is 16.3 Å². The highest BCUT2D eigenvalue weighted by Gasteiger charge is 2.26. The highest BCUT2D eigenvalue weighted by atomic mass is 35.5. The summed E-state index contributed by atoms with van der Waals surface area (Å²) in [5, 5.41) is 3.39. The molecule has 0 aliphatic heterocycles. The zero-order valence-corrected chi connectivity index (χ0v) is 15.9. The molecule has 2 aromatic rings. The van der Waals surface area contributed by atoms with Gasteiger partial charge in [0.1, 0.15) is 5.76 Å². The Balaban J connectivity index is 0.00000312. The van der Waals surface area contributed by atoms with E-state index in [1.807, 2.05) is 38.1 Å². The Morgan fingerprint density at radius 2 is 1.64 bits per heavy atom. The molecule has 5 heteroatoms. The van der Waals surface area contributed by atoms with Crippen LogP contribution in [0.5, 0.6) is 0 Å². The second-order valence-corrected chi connectivity index (χ2v) is 6.23. The first-order valence-electron chi connectivity index (χ1n) is 7.90. The molecule has 0 bridgehead atoms. The van der Waals surface area contributed by atoms with Crippen molar-refractivity contribution in [2.24, 2.45) is 0 Å². The summed E-state index contributed by atoms with van der Waals surface area (Å²) in [6.45, 7) is 4.61. The third-order valence-corrected chi connectivity index (χ3v) is 3.95. The monoisotopic (exact) mass is 379 g/mol. The molecule has 0 aromatic heterocycles. The summed E-state index contributed by atoms with van der Waals surface area (Å²) in [5.74, 6) is -0.0217. The molecule has 0 amide bonds. The minimum Gasteiger partial charge on any atom is -0.425 e. The zero-order chi connectivity index (χ0) is 17.4. The van der Waals surface area contributed by atoms with Gasteiger partial charge in [0.25, 0.3) is 0 Å². The number of nitrogens with one attached hydrogen (secondary N) is 1. The van der Waals surface area contributed by atoms with E-state index in [1.165, 1.54) is 11.1 Å². The number of benzene rings is 2. The Morgan fingerprint density at radius 3 is 2.20 bits per heavy atom. The zero-order valence-electron chi connectivity index (χ0n) is 14.4. The predicted molar refractivity (Wildman–Crippen MR) is 105 cm³/mol. The molecule has 0 atom stereocenters. The maximum atomic E-state index is 12.2. The molecule has 2 rings (SSSR count). The van der Waals surface area contributed by atoms with E-state index in [0.717, 1.165) is 13.0 Å². The molecular weight excluding hydrogens is 357 g/mol. The first-order valence-corrected chi connectivity index (χ1v) is 8.33. The minimum absolute atomic E-state index is 0. The van der Waals surface area contributed by atoms with Crippen molar-refractivity contribution in [1.82, 2.24) is 5.32 Å². The Kier molecular flexibility index (Phi) is 8.70. The van der Waals surface area contributed by atoms with Crippen molar-refractivity contribution in [2.75, 3.05) is 6.54 Å². The Morgan fingerprint density at radius 1 is 1.08 bits per heavy atom. The first kappa shape index (κ1) is 21.2. The normalized spacial score (nSPS) is 11.6. The number of rotatable bonds is 7. The molecule has 0 radical (unpaired) electrons. The first-order chi connectivity index (χ1) is 11.5. The summed E-state index contributed by atoms with van der Waals surface area (Å²) < 4.78 is 5.48. The average molecular weight is 380 g/mol. The number of carbonyl (C=O) groups excluding carboxylic acids is 1. The van der Waals surface area contributed by atoms with Gasteiger partial charge in [-0.2, -0.15) is 0 Å². The van der Waals surface area contributed by atoms with Gasteiger partial charge in [-0.15, -0.1) is 12.4 Å². The van der Waals surface area contributed by atoms with Crippen molar-refractivity contribution in [3.63, 3.8) is 0 Å². The van der Waals surface area contributed by atoms with E-state index in [9.17, 15) is 4.79 Å². The van der Waals surface area contributed by atoms with Gasteiger partial charge in [0.05, 0.1) is 11.1 Å². The third-order valence-electron chi connectivity index (χ3n) is 3.75. The average Bonchev–Trinajstić information content (AvgIpc) is 2.60. The van der Waals surface area contributed by atoms with Gasteiger partial charge in [-0.3, -0.25) is 0 Å². The second kappa shape index (κ2) is 10.2. The molecule has 2 aromatic carbocycles. The summed E-state index contributed by atoms with van der Waals surface area (Å²) in [6.07, 6.45) is 0.881. The van der Waals surface area contributed by atoms with Crippen LogP contribution >= 0.6 is 24.0 Å². The highest BCUT2D eigenvalue weighted by molar-refractivity contribution is 6.25. The van der Waals surface area contributed by atoms with Gasteiger partial charge < -0.3 is 10.1 Å². The molecule has 1 N–H and O–H groups in total. The van der Waals surface area contributed by atoms with Crippen LogP contribution in [0.3, 0.4) is 0 Å². The fourth-order valence-corrected chi connectivity index (χ4v) is 2.59. The number of hydrogen-bond acceptors (Lipinski definition) is 3. The lowest BCUT2D eigenvalue weighted by molar-refractivity contribution is 0.0571. The van der Waals surface area contributed by atoms with Crippen LogP contribution in [-0.4, -0.2) is 18.1 Å². The molecule has 0 heterocycles. The topological polar surface area (TPSA) is 38.3 Å². The summed E-state index contributed by atoms with van der Waals surface area (Å²) in [7, 11) is 0. The van der Waals surface area contributed by atoms with E-state index >= 15 is 0 Å². The van der Waals surface area contributed by atoms with Gasteiger partial charge in [-0.25, -0.2) is 4.79 Å². The SMILES string of the molecule is CC(C)(NCCc1ccccc1)C(=CCl)OC(=O)c1ccccc1.Cl. The van der Waals surface area contributed by atoms with Crippen LogP contribution in [0, 0.1) is 0 Å². The van der Waals surface area contributed by atoms with Gasteiger partial charge in [0, 0.05) is 12.1 Å². The third kappa shape index (κ3) is 6.54. The van der Waals surface area contributed by atoms with Crippen molar-refractivity contribution >= 4 is 30.0 Å². The van der Waals surface area contributed by atoms with Gasteiger partial charge in [-0.1, -0.05) is 60.1 Å². The van der Waals surface area contributed by atoms with Gasteiger partial charge in [0.15, 0.2) is 0 Å². The molecule has 25 heavy (non-hydrogen) atoms. The standard InChI is InChI=1S/C20H22ClNO2.ClH/c1-20(2,22-14-13-16-9-5-3-6-10-16)18(15-21)24-19(23)17-11-7-4-8-12-17;/h3-12,15,22H,13-14H2,1-2H3;1H. The smallest absolute Gasteiger partial charge is 0.343 e. The van der Waals surface area contributed by atoms with Crippen LogP contribution in [-0.2, 0) is 11.2 Å². The van der Waals surface area contributed by atoms with E-state index in [0.29, 0.717) is 11.3 Å². The Bertz CT molecular complexity index is 685. The highest BCUT2D eigenvalue weighted by Crippen LogP contribution is 2.20. The molecular formula is C20H23Cl2NO2. The minimum atomic E-state index is -0.555. The van der Waals surface area contributed by atoms with Gasteiger partial charge >= 0.3 is 5.97 Å². The van der Waals surface area contributed by atoms with Crippen LogP contribution in [0.15, 0.2) is 72.0 Å². The number of carbonyl (C=O) groups is 1. The molecule has 0 aliphatic carbocycles. The van der Waals surface area contributed by atoms with Crippen LogP contribution in [0.2, 0.25) is 0 Å². The number of hydrogen-bond donors (Lipinski definition) is 1. The Hall–Kier alpha value is -1.81. The van der Waals surface area contributed by atoms with Crippen molar-refractivity contribution in [3.8, 4) is 0 Å². The number of ether oxygens (including phenoxy) is 1. The van der Waals surface area contributed by atoms with Crippen LogP contribution in [0.25, 0.3) is 0 Å². The summed E-state index contributed by atoms with van der Waals surface area (Å²) in [6, 6.07) is 19.1. The van der Waals surface area contributed by atoms with E-state index in [2.05, 4.69) is 17.4 Å². The number of halogens is 2. The van der Waals surface area contributed by atoms with Crippen LogP contribution < -0.4 is 5.32 Å². The van der Waals surface area contributed by atoms with Crippen molar-refractivity contribution in [2.45, 2.75) is 25.8 Å². The van der Waals surface area contributed by atoms with E-state index < -0.39 is 11.5 Å². The summed E-state index contributed by atoms with van der Waals surface area (Å²) >= 11 is 5.90. The summed E-state index contributed by atoms with van der Waals surface area (Å²) in [5.41, 5.74) is 2.50. The predicted octanol–water partition coefficient (Wildman–Crippen LogP) is 4.96. The maximum Gasteiger partial charge on any atom is 0.343 e. The molecule has 0 saturated heterocycles. The second-order valence-electron chi connectivity index (χ2n) is 6.02. The van der Waals surface area contributed by atoms with Gasteiger partial charge in [-0.05, 0) is 38.0 Å². The van der Waals surface area contributed by atoms with E-state index in [1.54, 1.807) is 24.3 Å². The quantitative estimate of drug-likeness (QED) is 0.545. The van der Waals surface area contributed by atoms with Crippen LogP contribution in [0.1, 0.15) is 29.8 Å². The van der Waals surface area contributed by atoms with E-state index in [-0.39, 0.29) is 12.4 Å². The largest absolute Gasteiger partial charge is 0.425 e. The molecule has 134 valence electrons. The van der Waals surface area contributed by atoms with Crippen molar-refractivity contribution in [1.29, 1.82) is 0 Å². The lowest BCUT2D eigenvalue weighted by atomic mass is 10.0. The van der Waals surface area contributed by atoms with Crippen LogP contribution in [0.4, 0.5) is 0 Å². The summed E-state index contributed by atoms with van der Waals surface area (Å²) in [4.78, 5) is 12.2. The van der Waals surface area contributed by atoms with Crippen molar-refractivity contribution in [3.05, 3.63) is 83.1 Å². The maximum absolute atomic E-state index is 12.2. The molecule has 3 nitrogen and oxygen atoms in total. The fourth-order valence-electron chi connectivity index (χ4n) is 2.27. The Labute approximate surface area is 160 Å². The van der Waals surface area contributed by atoms with Gasteiger partial charge in [0.2, 0.25) is 0 Å². The number of esters is 1. The molecule has 0 spiro atoms. The lowest BCUT2D eigenvalue weighted by Gasteiger charge is -2.28. The fraction of sp³-hybridized carbons (Fsp3) is 0.250. The molecule has 0 fully saturated rings.